The Morgan fingerprint density at radius 1 is 0.500 bits per heavy atom. The third-order valence-corrected chi connectivity index (χ3v) is 7.02. The maximum absolute atomic E-state index is 11.6. The molecule has 0 aromatic heterocycles. The van der Waals surface area contributed by atoms with E-state index in [0.29, 0.717) is 12.1 Å². The minimum atomic E-state index is -5.58. The van der Waals surface area contributed by atoms with Crippen LogP contribution in [-0.4, -0.2) is 51.9 Å². The van der Waals surface area contributed by atoms with Crippen LogP contribution in [0.5, 0.6) is 0 Å². The van der Waals surface area contributed by atoms with E-state index >= 15 is 0 Å². The molecule has 2 rings (SSSR count). The van der Waals surface area contributed by atoms with Crippen LogP contribution in [-0.2, 0) is 40.5 Å². The van der Waals surface area contributed by atoms with E-state index in [1.807, 2.05) is 0 Å². The Kier molecular flexibility index (Phi) is 4.71. The van der Waals surface area contributed by atoms with Crippen LogP contribution >= 0.6 is 0 Å². The number of hydrogen-bond acceptors (Lipinski definition) is 8. The van der Waals surface area contributed by atoms with Gasteiger partial charge in [0.1, 0.15) is 19.6 Å². The van der Waals surface area contributed by atoms with Gasteiger partial charge in [-0.15, -0.1) is 0 Å². The quantitative estimate of drug-likeness (QED) is 0.448. The van der Waals surface area contributed by atoms with Crippen LogP contribution in [0.15, 0.2) is 43.8 Å². The predicted molar refractivity (Wildman–Crippen MR) is 83.2 cm³/mol. The van der Waals surface area contributed by atoms with Gasteiger partial charge in [0, 0.05) is 5.39 Å². The standard InChI is InChI=1S/C10H8O12S4/c11-23(12,13)6-3-1-5-2-4-7(24(14,15)16)10(26(20,21)22)8(5)9(6)25(17,18)19/h1-4H,(H,11,12,13)(H,14,15,16)(H,17,18,19)(H,20,21,22). The molecule has 16 heteroatoms. The summed E-state index contributed by atoms with van der Waals surface area (Å²) < 4.78 is 129. The molecule has 0 aliphatic carbocycles. The second-order valence-electron chi connectivity index (χ2n) is 4.78. The van der Waals surface area contributed by atoms with Crippen molar-refractivity contribution >= 4 is 51.2 Å². The van der Waals surface area contributed by atoms with E-state index in [1.165, 1.54) is 0 Å². The lowest BCUT2D eigenvalue weighted by Crippen LogP contribution is -2.14. The first kappa shape index (κ1) is 20.6. The smallest absolute Gasteiger partial charge is 0.282 e. The molecule has 4 N–H and O–H groups in total. The molecule has 0 fully saturated rings. The van der Waals surface area contributed by atoms with E-state index < -0.39 is 70.8 Å². The molecule has 2 aromatic carbocycles. The molecule has 0 saturated carbocycles. The first-order chi connectivity index (χ1) is 11.5. The van der Waals surface area contributed by atoms with Crippen LogP contribution in [0.4, 0.5) is 0 Å². The van der Waals surface area contributed by atoms with E-state index in [2.05, 4.69) is 0 Å². The molecule has 2 aromatic rings. The normalized spacial score (nSPS) is 13.8. The molecular weight excluding hydrogens is 440 g/mol. The van der Waals surface area contributed by atoms with Gasteiger partial charge in [-0.25, -0.2) is 0 Å². The minimum Gasteiger partial charge on any atom is -0.282 e. The van der Waals surface area contributed by atoms with E-state index in [4.69, 9.17) is 9.11 Å². The Hall–Kier alpha value is -1.66. The number of rotatable bonds is 4. The molecule has 26 heavy (non-hydrogen) atoms. The second kappa shape index (κ2) is 5.92. The topological polar surface area (TPSA) is 217 Å². The highest BCUT2D eigenvalue weighted by molar-refractivity contribution is 7.90. The highest BCUT2D eigenvalue weighted by Crippen LogP contribution is 2.37. The van der Waals surface area contributed by atoms with E-state index in [9.17, 15) is 42.8 Å². The van der Waals surface area contributed by atoms with Gasteiger partial charge in [0.25, 0.3) is 40.5 Å². The van der Waals surface area contributed by atoms with E-state index in [-0.39, 0.29) is 0 Å². The van der Waals surface area contributed by atoms with Crippen LogP contribution in [0, 0.1) is 0 Å². The summed E-state index contributed by atoms with van der Waals surface area (Å²) in [6.07, 6.45) is 0. The Bertz CT molecular complexity index is 1250. The first-order valence-corrected chi connectivity index (χ1v) is 11.7. The van der Waals surface area contributed by atoms with Crippen LogP contribution < -0.4 is 0 Å². The summed E-state index contributed by atoms with van der Waals surface area (Å²) in [4.78, 5) is -6.36. The highest BCUT2D eigenvalue weighted by atomic mass is 32.2. The summed E-state index contributed by atoms with van der Waals surface area (Å²) in [5.74, 6) is 0. The molecule has 0 radical (unpaired) electrons. The molecule has 0 heterocycles. The fourth-order valence-corrected chi connectivity index (χ4v) is 6.32. The number of benzene rings is 2. The molecule has 0 aliphatic rings. The van der Waals surface area contributed by atoms with Crippen molar-refractivity contribution < 1.29 is 51.9 Å². The van der Waals surface area contributed by atoms with Gasteiger partial charge in [0.05, 0.1) is 0 Å². The minimum absolute atomic E-state index is 0.454. The zero-order valence-electron chi connectivity index (χ0n) is 12.0. The Labute approximate surface area is 147 Å². The maximum atomic E-state index is 11.6. The fourth-order valence-electron chi connectivity index (χ4n) is 2.23. The van der Waals surface area contributed by atoms with E-state index in [1.54, 1.807) is 0 Å². The van der Waals surface area contributed by atoms with Crippen molar-refractivity contribution in [3.05, 3.63) is 24.3 Å². The highest BCUT2D eigenvalue weighted by Gasteiger charge is 2.34. The Balaban J connectivity index is 3.45. The molecule has 0 spiro atoms. The zero-order valence-corrected chi connectivity index (χ0v) is 15.3. The van der Waals surface area contributed by atoms with Crippen molar-refractivity contribution in [2.45, 2.75) is 19.6 Å². The lowest BCUT2D eigenvalue weighted by Gasteiger charge is -2.13. The molecule has 0 unspecified atom stereocenters. The van der Waals surface area contributed by atoms with Crippen molar-refractivity contribution in [2.24, 2.45) is 0 Å². The zero-order chi connectivity index (χ0) is 20.3. The maximum Gasteiger partial charge on any atom is 0.296 e. The summed E-state index contributed by atoms with van der Waals surface area (Å²) in [6, 6.07) is 2.55. The van der Waals surface area contributed by atoms with Gasteiger partial charge in [-0.1, -0.05) is 12.1 Å². The third-order valence-electron chi connectivity index (χ3n) is 3.09. The van der Waals surface area contributed by atoms with Gasteiger partial charge in [-0.3, -0.25) is 18.2 Å². The third kappa shape index (κ3) is 3.71. The van der Waals surface area contributed by atoms with Gasteiger partial charge in [0.2, 0.25) is 0 Å². The SMILES string of the molecule is O=S(=O)(O)c1ccc2ccc(S(=O)(=O)O)c(S(=O)(=O)O)c2c1S(=O)(=O)O. The van der Waals surface area contributed by atoms with Gasteiger partial charge in [0.15, 0.2) is 0 Å². The summed E-state index contributed by atoms with van der Waals surface area (Å²) in [5.41, 5.74) is 0. The average Bonchev–Trinajstić information content (AvgIpc) is 2.40. The molecule has 0 saturated heterocycles. The lowest BCUT2D eigenvalue weighted by atomic mass is 10.1. The number of fused-ring (bicyclic) bond motifs is 1. The monoisotopic (exact) mass is 448 g/mol. The van der Waals surface area contributed by atoms with Gasteiger partial charge < -0.3 is 0 Å². The van der Waals surface area contributed by atoms with Gasteiger partial charge in [-0.2, -0.15) is 33.7 Å². The Morgan fingerprint density at radius 3 is 1.04 bits per heavy atom. The second-order valence-corrected chi connectivity index (χ2v) is 10.3. The number of hydrogen-bond donors (Lipinski definition) is 4. The van der Waals surface area contributed by atoms with Crippen LogP contribution in [0.2, 0.25) is 0 Å². The first-order valence-electron chi connectivity index (χ1n) is 5.95. The van der Waals surface area contributed by atoms with Crippen molar-refractivity contribution in [3.63, 3.8) is 0 Å². The largest absolute Gasteiger partial charge is 0.296 e. The average molecular weight is 448 g/mol. The molecule has 12 nitrogen and oxygen atoms in total. The summed E-state index contributed by atoms with van der Waals surface area (Å²) in [7, 11) is -21.9. The van der Waals surface area contributed by atoms with Crippen LogP contribution in [0.3, 0.4) is 0 Å². The van der Waals surface area contributed by atoms with Crippen molar-refractivity contribution in [1.82, 2.24) is 0 Å². The van der Waals surface area contributed by atoms with Crippen LogP contribution in [0.25, 0.3) is 10.8 Å². The van der Waals surface area contributed by atoms with Crippen molar-refractivity contribution in [3.8, 4) is 0 Å². The molecule has 144 valence electrons. The molecule has 0 aliphatic heterocycles. The molecule has 0 bridgehead atoms. The fraction of sp³-hybridized carbons (Fsp3) is 0. The van der Waals surface area contributed by atoms with Crippen molar-refractivity contribution in [2.75, 3.05) is 0 Å². The van der Waals surface area contributed by atoms with Gasteiger partial charge >= 0.3 is 0 Å². The van der Waals surface area contributed by atoms with E-state index in [0.717, 1.165) is 12.1 Å². The van der Waals surface area contributed by atoms with Gasteiger partial charge in [-0.05, 0) is 17.5 Å². The predicted octanol–water partition coefficient (Wildman–Crippen LogP) is -0.173. The summed E-state index contributed by atoms with van der Waals surface area (Å²) >= 11 is 0. The lowest BCUT2D eigenvalue weighted by molar-refractivity contribution is 0.464. The van der Waals surface area contributed by atoms with Crippen molar-refractivity contribution in [1.29, 1.82) is 0 Å². The summed E-state index contributed by atoms with van der Waals surface area (Å²) in [5, 5.41) is -1.72. The van der Waals surface area contributed by atoms with Crippen LogP contribution in [0.1, 0.15) is 0 Å². The summed E-state index contributed by atoms with van der Waals surface area (Å²) in [6.45, 7) is 0. The Morgan fingerprint density at radius 2 is 0.808 bits per heavy atom. The molecule has 0 amide bonds. The molecular formula is C10H8O12S4. The molecule has 0 atom stereocenters.